The highest BCUT2D eigenvalue weighted by molar-refractivity contribution is 9.11. The fourth-order valence-corrected chi connectivity index (χ4v) is 2.89. The van der Waals surface area contributed by atoms with Gasteiger partial charge in [-0.3, -0.25) is 4.79 Å². The summed E-state index contributed by atoms with van der Waals surface area (Å²) >= 11 is 12.3. The lowest BCUT2D eigenvalue weighted by Gasteiger charge is -2.03. The number of halogens is 3. The number of nitrogens with one attached hydrogen (secondary N) is 1. The van der Waals surface area contributed by atoms with E-state index in [-0.39, 0.29) is 11.7 Å². The Hall–Kier alpha value is -1.37. The Morgan fingerprint density at radius 3 is 2.57 bits per heavy atom. The van der Waals surface area contributed by atoms with E-state index < -0.39 is 0 Å². The molecule has 0 aliphatic heterocycles. The lowest BCUT2D eigenvalue weighted by molar-refractivity contribution is 0.0955. The van der Waals surface area contributed by atoms with E-state index in [1.807, 2.05) is 0 Å². The van der Waals surface area contributed by atoms with Crippen LogP contribution in [-0.4, -0.2) is 17.2 Å². The summed E-state index contributed by atoms with van der Waals surface area (Å²) in [6, 6.07) is 9.83. The molecule has 0 fully saturated rings. The van der Waals surface area contributed by atoms with Crippen LogP contribution in [0.5, 0.6) is 5.75 Å². The topological polar surface area (TPSA) is 61.7 Å². The first-order valence-corrected chi connectivity index (χ1v) is 7.71. The largest absolute Gasteiger partial charge is 0.506 e. The molecule has 0 aliphatic carbocycles. The molecule has 0 radical (unpaired) electrons. The van der Waals surface area contributed by atoms with Crippen LogP contribution in [-0.2, 0) is 0 Å². The number of amides is 1. The summed E-state index contributed by atoms with van der Waals surface area (Å²) in [7, 11) is 0. The smallest absolute Gasteiger partial charge is 0.271 e. The second-order valence-electron chi connectivity index (χ2n) is 4.03. The van der Waals surface area contributed by atoms with Crippen molar-refractivity contribution in [3.63, 3.8) is 0 Å². The molecule has 108 valence electrons. The van der Waals surface area contributed by atoms with Crippen LogP contribution in [0.15, 0.2) is 50.4 Å². The minimum atomic E-state index is -0.364. The highest BCUT2D eigenvalue weighted by Crippen LogP contribution is 2.30. The van der Waals surface area contributed by atoms with E-state index >= 15 is 0 Å². The lowest BCUT2D eigenvalue weighted by atomic mass is 10.2. The van der Waals surface area contributed by atoms with Crippen LogP contribution in [0.2, 0.25) is 5.02 Å². The van der Waals surface area contributed by atoms with Crippen molar-refractivity contribution in [2.24, 2.45) is 5.10 Å². The second-order valence-corrected chi connectivity index (χ2v) is 6.24. The van der Waals surface area contributed by atoms with Crippen molar-refractivity contribution in [2.45, 2.75) is 0 Å². The molecule has 0 saturated carbocycles. The molecular formula is C14H9Br2ClN2O2. The van der Waals surface area contributed by atoms with Gasteiger partial charge in [0.1, 0.15) is 5.75 Å². The molecular weight excluding hydrogens is 423 g/mol. The average molecular weight is 432 g/mol. The van der Waals surface area contributed by atoms with E-state index in [9.17, 15) is 9.90 Å². The Morgan fingerprint density at radius 1 is 1.24 bits per heavy atom. The van der Waals surface area contributed by atoms with Crippen molar-refractivity contribution in [3.8, 4) is 5.75 Å². The summed E-state index contributed by atoms with van der Waals surface area (Å²) in [5.74, 6) is -0.320. The Kier molecular flexibility index (Phi) is 5.39. The van der Waals surface area contributed by atoms with Gasteiger partial charge >= 0.3 is 0 Å². The van der Waals surface area contributed by atoms with Crippen LogP contribution >= 0.6 is 43.5 Å². The predicted molar refractivity (Wildman–Crippen MR) is 90.0 cm³/mol. The van der Waals surface area contributed by atoms with Crippen LogP contribution < -0.4 is 5.43 Å². The third kappa shape index (κ3) is 4.30. The maximum Gasteiger partial charge on any atom is 0.271 e. The van der Waals surface area contributed by atoms with Gasteiger partial charge in [-0.15, -0.1) is 0 Å². The number of nitrogens with zero attached hydrogens (tertiary/aromatic N) is 1. The fourth-order valence-electron chi connectivity index (χ4n) is 1.51. The first kappa shape index (κ1) is 16.0. The highest BCUT2D eigenvalue weighted by atomic mass is 79.9. The molecule has 0 aliphatic rings. The molecule has 2 N–H and O–H groups in total. The Balaban J connectivity index is 2.09. The fraction of sp³-hybridized carbons (Fsp3) is 0. The van der Waals surface area contributed by atoms with Gasteiger partial charge in [0.05, 0.1) is 10.7 Å². The van der Waals surface area contributed by atoms with Crippen LogP contribution in [0, 0.1) is 0 Å². The molecule has 0 aromatic heterocycles. The maximum atomic E-state index is 11.8. The monoisotopic (exact) mass is 430 g/mol. The number of aromatic hydroxyl groups is 1. The van der Waals surface area contributed by atoms with Crippen molar-refractivity contribution >= 4 is 55.6 Å². The van der Waals surface area contributed by atoms with Gasteiger partial charge in [0.15, 0.2) is 0 Å². The van der Waals surface area contributed by atoms with Crippen molar-refractivity contribution in [3.05, 3.63) is 61.5 Å². The van der Waals surface area contributed by atoms with E-state index in [1.54, 1.807) is 36.4 Å². The number of phenolic OH excluding ortho intramolecular Hbond substituents is 1. The zero-order valence-electron chi connectivity index (χ0n) is 10.5. The van der Waals surface area contributed by atoms with E-state index in [4.69, 9.17) is 11.6 Å². The third-order valence-corrected chi connectivity index (χ3v) is 3.85. The summed E-state index contributed by atoms with van der Waals surface area (Å²) in [4.78, 5) is 11.8. The Labute approximate surface area is 143 Å². The predicted octanol–water partition coefficient (Wildman–Crippen LogP) is 4.33. The molecule has 0 heterocycles. The molecule has 7 heteroatoms. The number of carbonyl (C=O) groups is 1. The lowest BCUT2D eigenvalue weighted by Crippen LogP contribution is -2.17. The third-order valence-electron chi connectivity index (χ3n) is 2.53. The van der Waals surface area contributed by atoms with Crippen LogP contribution in [0.3, 0.4) is 0 Å². The van der Waals surface area contributed by atoms with Crippen LogP contribution in [0.25, 0.3) is 0 Å². The number of phenols is 1. The maximum absolute atomic E-state index is 11.8. The van der Waals surface area contributed by atoms with Gasteiger partial charge in [0.2, 0.25) is 0 Å². The van der Waals surface area contributed by atoms with E-state index in [0.29, 0.717) is 20.6 Å². The van der Waals surface area contributed by atoms with Crippen LogP contribution in [0.1, 0.15) is 15.9 Å². The number of benzene rings is 2. The molecule has 21 heavy (non-hydrogen) atoms. The van der Waals surface area contributed by atoms with Crippen molar-refractivity contribution in [2.75, 3.05) is 0 Å². The normalized spacial score (nSPS) is 10.8. The number of hydrogen-bond acceptors (Lipinski definition) is 3. The van der Waals surface area contributed by atoms with Crippen molar-refractivity contribution < 1.29 is 9.90 Å². The van der Waals surface area contributed by atoms with Crippen molar-refractivity contribution in [1.29, 1.82) is 0 Å². The van der Waals surface area contributed by atoms with E-state index in [1.165, 1.54) is 6.21 Å². The molecule has 0 atom stereocenters. The van der Waals surface area contributed by atoms with E-state index in [2.05, 4.69) is 42.4 Å². The summed E-state index contributed by atoms with van der Waals surface area (Å²) in [6.45, 7) is 0. The number of hydrogen-bond donors (Lipinski definition) is 2. The van der Waals surface area contributed by atoms with Gasteiger partial charge in [-0.25, -0.2) is 5.43 Å². The molecule has 0 unspecified atom stereocenters. The van der Waals surface area contributed by atoms with Crippen molar-refractivity contribution in [1.82, 2.24) is 5.43 Å². The Bertz CT molecular complexity index is 703. The summed E-state index contributed by atoms with van der Waals surface area (Å²) in [6.07, 6.45) is 1.36. The van der Waals surface area contributed by atoms with Gasteiger partial charge in [0.25, 0.3) is 5.91 Å². The SMILES string of the molecule is O=C(NN=Cc1cc(Br)cc(Br)c1O)c1ccc(Cl)cc1. The molecule has 0 spiro atoms. The Morgan fingerprint density at radius 2 is 1.90 bits per heavy atom. The zero-order valence-corrected chi connectivity index (χ0v) is 14.4. The highest BCUT2D eigenvalue weighted by Gasteiger charge is 2.06. The minimum Gasteiger partial charge on any atom is -0.506 e. The molecule has 2 rings (SSSR count). The second kappa shape index (κ2) is 7.06. The van der Waals surface area contributed by atoms with Crippen LogP contribution in [0.4, 0.5) is 0 Å². The first-order chi connectivity index (χ1) is 9.97. The van der Waals surface area contributed by atoms with Gasteiger partial charge in [-0.2, -0.15) is 5.10 Å². The molecule has 2 aromatic rings. The molecule has 4 nitrogen and oxygen atoms in total. The standard InChI is InChI=1S/C14H9Br2ClN2O2/c15-10-5-9(13(20)12(16)6-10)7-18-19-14(21)8-1-3-11(17)4-2-8/h1-7,20H,(H,19,21). The molecule has 2 aromatic carbocycles. The average Bonchev–Trinajstić information content (AvgIpc) is 2.44. The van der Waals surface area contributed by atoms with Gasteiger partial charge < -0.3 is 5.11 Å². The first-order valence-electron chi connectivity index (χ1n) is 5.74. The number of carbonyl (C=O) groups excluding carboxylic acids is 1. The summed E-state index contributed by atoms with van der Waals surface area (Å²) in [5, 5.41) is 14.2. The van der Waals surface area contributed by atoms with Gasteiger partial charge in [0, 0.05) is 20.6 Å². The molecule has 1 amide bonds. The molecule has 0 saturated heterocycles. The van der Waals surface area contributed by atoms with E-state index in [0.717, 1.165) is 4.47 Å². The number of rotatable bonds is 3. The summed E-state index contributed by atoms with van der Waals surface area (Å²) in [5.41, 5.74) is 3.29. The van der Waals surface area contributed by atoms with Gasteiger partial charge in [-0.05, 0) is 52.3 Å². The summed E-state index contributed by atoms with van der Waals surface area (Å²) < 4.78 is 1.31. The van der Waals surface area contributed by atoms with Gasteiger partial charge in [-0.1, -0.05) is 27.5 Å². The number of hydrazone groups is 1. The zero-order chi connectivity index (χ0) is 15.4. The quantitative estimate of drug-likeness (QED) is 0.560. The minimum absolute atomic E-state index is 0.0442. The molecule has 0 bridgehead atoms.